The molecule has 3 aromatic carbocycles. The van der Waals surface area contributed by atoms with Crippen molar-refractivity contribution in [3.05, 3.63) is 76.4 Å². The van der Waals surface area contributed by atoms with Crippen LogP contribution in [0.3, 0.4) is 0 Å². The molecule has 0 amide bonds. The summed E-state index contributed by atoms with van der Waals surface area (Å²) in [6, 6.07) is 16.9. The third-order valence-electron chi connectivity index (χ3n) is 8.83. The molecular weight excluding hydrogens is 606 g/mol. The predicted octanol–water partition coefficient (Wildman–Crippen LogP) is 8.03. The lowest BCUT2D eigenvalue weighted by Crippen LogP contribution is -2.50. The molecule has 45 heavy (non-hydrogen) atoms. The molecule has 0 radical (unpaired) electrons. The van der Waals surface area contributed by atoms with Crippen molar-refractivity contribution in [1.82, 2.24) is 19.7 Å². The first kappa shape index (κ1) is 31.5. The Balaban J connectivity index is 1.44. The van der Waals surface area contributed by atoms with E-state index < -0.39 is 12.1 Å². The molecule has 2 atom stereocenters. The third kappa shape index (κ3) is 6.19. The van der Waals surface area contributed by atoms with E-state index in [4.69, 9.17) is 21.3 Å². The standard InChI is InChI=1S/C35H40ClN5O3S/c1-6-7-16-44-32(34(42)43)30-22(4)17-27-33(31(30)23-8-11-26(36)12-9-23)45-35(38-27)40-14-15-41(21(2)3)29(20-40)24-10-13-28-25(18-24)19-37-39(28)5/h8-13,17-19,21,29,32H,6-7,14-16,20H2,1-5H3,(H,42,43). The number of carbonyl (C=O) groups is 1. The zero-order valence-electron chi connectivity index (χ0n) is 26.5. The van der Waals surface area contributed by atoms with Gasteiger partial charge in [-0.2, -0.15) is 5.10 Å². The number of benzene rings is 3. The third-order valence-corrected chi connectivity index (χ3v) is 10.2. The number of fused-ring (bicyclic) bond motifs is 2. The molecule has 0 bridgehead atoms. The number of anilines is 1. The number of ether oxygens (including phenoxy) is 1. The highest BCUT2D eigenvalue weighted by atomic mass is 35.5. The quantitative estimate of drug-likeness (QED) is 0.154. The zero-order chi connectivity index (χ0) is 31.8. The molecule has 1 N–H and O–H groups in total. The first-order valence-corrected chi connectivity index (χ1v) is 16.8. The summed E-state index contributed by atoms with van der Waals surface area (Å²) in [5.41, 5.74) is 6.52. The van der Waals surface area contributed by atoms with E-state index in [1.165, 1.54) is 5.56 Å². The van der Waals surface area contributed by atoms with E-state index in [2.05, 4.69) is 53.9 Å². The fourth-order valence-corrected chi connectivity index (χ4v) is 7.76. The Labute approximate surface area is 273 Å². The number of carboxylic acid groups (broad SMARTS) is 1. The zero-order valence-corrected chi connectivity index (χ0v) is 28.0. The maximum atomic E-state index is 12.6. The average molecular weight is 646 g/mol. The summed E-state index contributed by atoms with van der Waals surface area (Å²) in [6.07, 6.45) is 2.57. The molecule has 1 fully saturated rings. The Kier molecular flexibility index (Phi) is 9.15. The fourth-order valence-electron chi connectivity index (χ4n) is 6.47. The number of hydrogen-bond acceptors (Lipinski definition) is 7. The van der Waals surface area contributed by atoms with Gasteiger partial charge in [-0.05, 0) is 74.2 Å². The molecule has 3 heterocycles. The van der Waals surface area contributed by atoms with Crippen LogP contribution in [-0.4, -0.2) is 63.0 Å². The molecule has 1 saturated heterocycles. The minimum atomic E-state index is -1.08. The van der Waals surface area contributed by atoms with E-state index in [0.717, 1.165) is 75.4 Å². The second kappa shape index (κ2) is 13.1. The molecule has 2 aromatic heterocycles. The molecule has 236 valence electrons. The lowest BCUT2D eigenvalue weighted by atomic mass is 9.91. The van der Waals surface area contributed by atoms with Crippen molar-refractivity contribution >= 4 is 55.2 Å². The van der Waals surface area contributed by atoms with E-state index in [0.29, 0.717) is 23.2 Å². The van der Waals surface area contributed by atoms with Gasteiger partial charge in [0.05, 0.1) is 28.0 Å². The molecule has 10 heteroatoms. The lowest BCUT2D eigenvalue weighted by molar-refractivity contribution is -0.151. The number of thiazole rings is 1. The summed E-state index contributed by atoms with van der Waals surface area (Å²) >= 11 is 7.90. The minimum Gasteiger partial charge on any atom is -0.479 e. The van der Waals surface area contributed by atoms with Gasteiger partial charge in [-0.1, -0.05) is 54.5 Å². The number of halogens is 1. The number of rotatable bonds is 10. The van der Waals surface area contributed by atoms with Crippen LogP contribution >= 0.6 is 22.9 Å². The van der Waals surface area contributed by atoms with Crippen LogP contribution in [0.15, 0.2) is 54.7 Å². The monoisotopic (exact) mass is 645 g/mol. The van der Waals surface area contributed by atoms with E-state index in [1.54, 1.807) is 11.3 Å². The minimum absolute atomic E-state index is 0.187. The van der Waals surface area contributed by atoms with Crippen molar-refractivity contribution in [2.24, 2.45) is 7.05 Å². The van der Waals surface area contributed by atoms with Crippen molar-refractivity contribution in [1.29, 1.82) is 0 Å². The molecule has 8 nitrogen and oxygen atoms in total. The first-order chi connectivity index (χ1) is 21.7. The summed E-state index contributed by atoms with van der Waals surface area (Å²) in [5.74, 6) is -0.994. The highest BCUT2D eigenvalue weighted by Crippen LogP contribution is 2.44. The van der Waals surface area contributed by atoms with Crippen molar-refractivity contribution in [2.45, 2.75) is 58.7 Å². The molecule has 5 aromatic rings. The van der Waals surface area contributed by atoms with Crippen LogP contribution in [0.4, 0.5) is 5.13 Å². The van der Waals surface area contributed by atoms with Gasteiger partial charge in [-0.15, -0.1) is 0 Å². The van der Waals surface area contributed by atoms with Crippen LogP contribution in [-0.2, 0) is 16.6 Å². The molecule has 1 aliphatic rings. The predicted molar refractivity (Wildman–Crippen MR) is 184 cm³/mol. The Hall–Kier alpha value is -3.50. The van der Waals surface area contributed by atoms with Crippen LogP contribution < -0.4 is 4.90 Å². The maximum absolute atomic E-state index is 12.6. The lowest BCUT2D eigenvalue weighted by Gasteiger charge is -2.43. The Morgan fingerprint density at radius 3 is 2.64 bits per heavy atom. The number of aromatic nitrogens is 3. The molecule has 0 aliphatic carbocycles. The van der Waals surface area contributed by atoms with Gasteiger partial charge in [0.25, 0.3) is 0 Å². The van der Waals surface area contributed by atoms with E-state index >= 15 is 0 Å². The highest BCUT2D eigenvalue weighted by molar-refractivity contribution is 7.22. The summed E-state index contributed by atoms with van der Waals surface area (Å²) in [4.78, 5) is 22.8. The van der Waals surface area contributed by atoms with Crippen LogP contribution in [0.25, 0.3) is 32.2 Å². The SMILES string of the molecule is CCCCOC(C(=O)O)c1c(C)cc2nc(N3CCN(C(C)C)C(c4ccc5c(cnn5C)c4)C3)sc2c1-c1ccc(Cl)cc1. The first-order valence-electron chi connectivity index (χ1n) is 15.6. The number of nitrogens with zero attached hydrogens (tertiary/aromatic N) is 5. The molecule has 6 rings (SSSR count). The van der Waals surface area contributed by atoms with Gasteiger partial charge in [0.2, 0.25) is 0 Å². The fraction of sp³-hybridized carbons (Fsp3) is 0.400. The number of aryl methyl sites for hydroxylation is 2. The van der Waals surface area contributed by atoms with Gasteiger partial charge in [0, 0.05) is 60.9 Å². The molecule has 2 unspecified atom stereocenters. The van der Waals surface area contributed by atoms with Gasteiger partial charge in [-0.3, -0.25) is 9.58 Å². The topological polar surface area (TPSA) is 83.7 Å². The molecule has 1 aliphatic heterocycles. The van der Waals surface area contributed by atoms with E-state index in [-0.39, 0.29) is 6.04 Å². The van der Waals surface area contributed by atoms with Crippen molar-refractivity contribution in [2.75, 3.05) is 31.1 Å². The van der Waals surface area contributed by atoms with E-state index in [9.17, 15) is 9.90 Å². The molecular formula is C35H40ClN5O3S. The number of hydrogen-bond donors (Lipinski definition) is 1. The summed E-state index contributed by atoms with van der Waals surface area (Å²) < 4.78 is 8.90. The summed E-state index contributed by atoms with van der Waals surface area (Å²) in [6.45, 7) is 11.5. The van der Waals surface area contributed by atoms with Crippen molar-refractivity contribution in [3.63, 3.8) is 0 Å². The van der Waals surface area contributed by atoms with Crippen LogP contribution in [0.5, 0.6) is 0 Å². The van der Waals surface area contributed by atoms with Gasteiger partial charge in [0.15, 0.2) is 11.2 Å². The number of aliphatic carboxylic acids is 1. The normalized spacial score (nSPS) is 16.7. The largest absolute Gasteiger partial charge is 0.479 e. The number of piperazine rings is 1. The Morgan fingerprint density at radius 1 is 1.16 bits per heavy atom. The summed E-state index contributed by atoms with van der Waals surface area (Å²) in [7, 11) is 1.97. The second-order valence-corrected chi connectivity index (χ2v) is 13.6. The average Bonchev–Trinajstić information content (AvgIpc) is 3.62. The maximum Gasteiger partial charge on any atom is 0.337 e. The van der Waals surface area contributed by atoms with E-state index in [1.807, 2.05) is 55.2 Å². The van der Waals surface area contributed by atoms with Gasteiger partial charge >= 0.3 is 5.97 Å². The molecule has 0 saturated carbocycles. The van der Waals surface area contributed by atoms with Crippen LogP contribution in [0.2, 0.25) is 5.02 Å². The van der Waals surface area contributed by atoms with Crippen molar-refractivity contribution < 1.29 is 14.6 Å². The van der Waals surface area contributed by atoms with Crippen LogP contribution in [0, 0.1) is 6.92 Å². The highest BCUT2D eigenvalue weighted by Gasteiger charge is 2.33. The second-order valence-electron chi connectivity index (χ2n) is 12.2. The number of carboxylic acids is 1. The van der Waals surface area contributed by atoms with Crippen molar-refractivity contribution in [3.8, 4) is 11.1 Å². The van der Waals surface area contributed by atoms with Crippen LogP contribution in [0.1, 0.15) is 62.4 Å². The summed E-state index contributed by atoms with van der Waals surface area (Å²) in [5, 5.41) is 17.5. The molecule has 0 spiro atoms. The van der Waals surface area contributed by atoms with Gasteiger partial charge < -0.3 is 14.7 Å². The Bertz CT molecular complexity index is 1830. The van der Waals surface area contributed by atoms with Gasteiger partial charge in [-0.25, -0.2) is 9.78 Å². The Morgan fingerprint density at radius 2 is 1.93 bits per heavy atom. The van der Waals surface area contributed by atoms with Gasteiger partial charge in [0.1, 0.15) is 0 Å². The smallest absolute Gasteiger partial charge is 0.337 e. The number of unbranched alkanes of at least 4 members (excludes halogenated alkanes) is 1.